The van der Waals surface area contributed by atoms with Crippen molar-refractivity contribution in [2.75, 3.05) is 20.7 Å². The Labute approximate surface area is 129 Å². The van der Waals surface area contributed by atoms with E-state index in [1.54, 1.807) is 14.2 Å². The topological polar surface area (TPSA) is 45.7 Å². The van der Waals surface area contributed by atoms with Gasteiger partial charge in [0.15, 0.2) is 5.96 Å². The van der Waals surface area contributed by atoms with E-state index in [0.29, 0.717) is 0 Å². The monoisotopic (exact) mass is 291 g/mol. The summed E-state index contributed by atoms with van der Waals surface area (Å²) >= 11 is 0. The van der Waals surface area contributed by atoms with E-state index < -0.39 is 0 Å². The molecular formula is C17H29N3O. The molecule has 4 heteroatoms. The Hall–Kier alpha value is -1.55. The zero-order valence-corrected chi connectivity index (χ0v) is 14.2. The van der Waals surface area contributed by atoms with E-state index >= 15 is 0 Å². The zero-order chi connectivity index (χ0) is 15.9. The highest BCUT2D eigenvalue weighted by molar-refractivity contribution is 5.79. The van der Waals surface area contributed by atoms with Crippen molar-refractivity contribution < 1.29 is 4.74 Å². The second-order valence-electron chi connectivity index (χ2n) is 6.32. The molecule has 0 radical (unpaired) electrons. The number of nitrogens with one attached hydrogen (secondary N) is 2. The van der Waals surface area contributed by atoms with Crippen LogP contribution in [0.3, 0.4) is 0 Å². The lowest BCUT2D eigenvalue weighted by atomic mass is 9.89. The highest BCUT2D eigenvalue weighted by Gasteiger charge is 2.24. The molecule has 0 aliphatic heterocycles. The van der Waals surface area contributed by atoms with Crippen LogP contribution in [0, 0.1) is 12.3 Å². The molecule has 0 saturated heterocycles. The Balaban J connectivity index is 2.52. The van der Waals surface area contributed by atoms with Crippen LogP contribution in [-0.4, -0.2) is 32.8 Å². The number of aryl methyl sites for hydroxylation is 1. The fourth-order valence-corrected chi connectivity index (χ4v) is 2.14. The quantitative estimate of drug-likeness (QED) is 0.648. The van der Waals surface area contributed by atoms with Crippen molar-refractivity contribution in [1.82, 2.24) is 10.6 Å². The fraction of sp³-hybridized carbons (Fsp3) is 0.588. The third kappa shape index (κ3) is 5.76. The number of aliphatic imine (C=N–C) groups is 1. The first-order valence-electron chi connectivity index (χ1n) is 7.40. The molecule has 0 amide bonds. The smallest absolute Gasteiger partial charge is 0.191 e. The van der Waals surface area contributed by atoms with Crippen LogP contribution in [0.15, 0.2) is 29.3 Å². The van der Waals surface area contributed by atoms with Gasteiger partial charge in [0.1, 0.15) is 0 Å². The van der Waals surface area contributed by atoms with Gasteiger partial charge in [-0.25, -0.2) is 0 Å². The number of hydrogen-bond acceptors (Lipinski definition) is 2. The molecule has 0 heterocycles. The lowest BCUT2D eigenvalue weighted by Crippen LogP contribution is -2.45. The molecule has 21 heavy (non-hydrogen) atoms. The van der Waals surface area contributed by atoms with Gasteiger partial charge in [-0.1, -0.05) is 45.0 Å². The Morgan fingerprint density at radius 3 is 2.43 bits per heavy atom. The summed E-state index contributed by atoms with van der Waals surface area (Å²) < 4.78 is 5.55. The predicted octanol–water partition coefficient (Wildman–Crippen LogP) is 2.72. The van der Waals surface area contributed by atoms with Gasteiger partial charge in [-0.3, -0.25) is 4.99 Å². The summed E-state index contributed by atoms with van der Waals surface area (Å²) in [6, 6.07) is 8.36. The standard InChI is InChI=1S/C17H29N3O/c1-13-9-7-8-10-14(13)11-19-16(18-5)20-12-15(21-6)17(2,3)4/h7-10,15H,11-12H2,1-6H3,(H2,18,19,20). The average molecular weight is 291 g/mol. The number of benzene rings is 1. The second-order valence-corrected chi connectivity index (χ2v) is 6.32. The average Bonchev–Trinajstić information content (AvgIpc) is 2.43. The maximum atomic E-state index is 5.55. The van der Waals surface area contributed by atoms with Crippen LogP contribution in [0.2, 0.25) is 0 Å². The van der Waals surface area contributed by atoms with Gasteiger partial charge >= 0.3 is 0 Å². The molecule has 0 aliphatic carbocycles. The molecule has 0 bridgehead atoms. The van der Waals surface area contributed by atoms with E-state index in [4.69, 9.17) is 4.74 Å². The normalized spacial score (nSPS) is 13.9. The molecule has 1 aromatic carbocycles. The SMILES string of the molecule is CN=C(NCc1ccccc1C)NCC(OC)C(C)(C)C. The number of guanidine groups is 1. The van der Waals surface area contributed by atoms with E-state index in [-0.39, 0.29) is 11.5 Å². The van der Waals surface area contributed by atoms with E-state index in [9.17, 15) is 0 Å². The van der Waals surface area contributed by atoms with Crippen LogP contribution in [0.5, 0.6) is 0 Å². The molecule has 118 valence electrons. The van der Waals surface area contributed by atoms with E-state index in [0.717, 1.165) is 19.0 Å². The number of methoxy groups -OCH3 is 1. The molecule has 1 aromatic rings. The van der Waals surface area contributed by atoms with Crippen molar-refractivity contribution >= 4 is 5.96 Å². The molecule has 0 saturated carbocycles. The van der Waals surface area contributed by atoms with E-state index in [2.05, 4.69) is 67.6 Å². The number of ether oxygens (including phenoxy) is 1. The third-order valence-electron chi connectivity index (χ3n) is 3.64. The summed E-state index contributed by atoms with van der Waals surface area (Å²) in [4.78, 5) is 4.26. The molecule has 1 rings (SSSR count). The van der Waals surface area contributed by atoms with Crippen molar-refractivity contribution in [3.8, 4) is 0 Å². The van der Waals surface area contributed by atoms with Crippen LogP contribution < -0.4 is 10.6 Å². The van der Waals surface area contributed by atoms with Crippen molar-refractivity contribution in [3.05, 3.63) is 35.4 Å². The first kappa shape index (κ1) is 17.5. The Morgan fingerprint density at radius 1 is 1.24 bits per heavy atom. The lowest BCUT2D eigenvalue weighted by molar-refractivity contribution is 0.0205. The Kier molecular flexibility index (Phi) is 6.69. The van der Waals surface area contributed by atoms with Gasteiger partial charge in [-0.05, 0) is 23.5 Å². The van der Waals surface area contributed by atoms with Gasteiger partial charge in [0.05, 0.1) is 6.10 Å². The van der Waals surface area contributed by atoms with Crippen molar-refractivity contribution in [1.29, 1.82) is 0 Å². The maximum absolute atomic E-state index is 5.55. The molecule has 4 nitrogen and oxygen atoms in total. The van der Waals surface area contributed by atoms with E-state index in [1.807, 2.05) is 0 Å². The Morgan fingerprint density at radius 2 is 1.90 bits per heavy atom. The fourth-order valence-electron chi connectivity index (χ4n) is 2.14. The molecule has 2 N–H and O–H groups in total. The highest BCUT2D eigenvalue weighted by atomic mass is 16.5. The maximum Gasteiger partial charge on any atom is 0.191 e. The molecule has 0 aliphatic rings. The van der Waals surface area contributed by atoms with Gasteiger partial charge in [-0.2, -0.15) is 0 Å². The van der Waals surface area contributed by atoms with Gasteiger partial charge in [0.2, 0.25) is 0 Å². The lowest BCUT2D eigenvalue weighted by Gasteiger charge is -2.30. The van der Waals surface area contributed by atoms with Crippen LogP contribution in [0.4, 0.5) is 0 Å². The third-order valence-corrected chi connectivity index (χ3v) is 3.64. The minimum atomic E-state index is 0.0939. The number of rotatable bonds is 5. The second kappa shape index (κ2) is 8.03. The number of nitrogens with zero attached hydrogens (tertiary/aromatic N) is 1. The minimum absolute atomic E-state index is 0.0939. The van der Waals surface area contributed by atoms with Gasteiger partial charge in [0.25, 0.3) is 0 Å². The van der Waals surface area contributed by atoms with Crippen molar-refractivity contribution in [2.45, 2.75) is 40.3 Å². The minimum Gasteiger partial charge on any atom is -0.379 e. The first-order valence-corrected chi connectivity index (χ1v) is 7.40. The summed E-state index contributed by atoms with van der Waals surface area (Å²) in [5, 5.41) is 6.67. The van der Waals surface area contributed by atoms with Crippen molar-refractivity contribution in [3.63, 3.8) is 0 Å². The first-order chi connectivity index (χ1) is 9.88. The molecule has 0 aromatic heterocycles. The molecule has 1 unspecified atom stereocenters. The zero-order valence-electron chi connectivity index (χ0n) is 14.2. The van der Waals surface area contributed by atoms with Gasteiger partial charge in [-0.15, -0.1) is 0 Å². The summed E-state index contributed by atoms with van der Waals surface area (Å²) in [5.74, 6) is 0.796. The van der Waals surface area contributed by atoms with Crippen molar-refractivity contribution in [2.24, 2.45) is 10.4 Å². The molecule has 0 spiro atoms. The van der Waals surface area contributed by atoms with Crippen LogP contribution in [-0.2, 0) is 11.3 Å². The van der Waals surface area contributed by atoms with Crippen LogP contribution in [0.1, 0.15) is 31.9 Å². The van der Waals surface area contributed by atoms with Gasteiger partial charge < -0.3 is 15.4 Å². The van der Waals surface area contributed by atoms with E-state index in [1.165, 1.54) is 11.1 Å². The number of hydrogen-bond donors (Lipinski definition) is 2. The molecule has 0 fully saturated rings. The van der Waals surface area contributed by atoms with Gasteiger partial charge in [0, 0.05) is 27.2 Å². The molecule has 1 atom stereocenters. The largest absolute Gasteiger partial charge is 0.379 e. The summed E-state index contributed by atoms with van der Waals surface area (Å²) in [6.07, 6.45) is 0.134. The van der Waals surface area contributed by atoms with Crippen LogP contribution >= 0.6 is 0 Å². The summed E-state index contributed by atoms with van der Waals surface area (Å²) in [5.41, 5.74) is 2.65. The predicted molar refractivity (Wildman–Crippen MR) is 89.6 cm³/mol. The van der Waals surface area contributed by atoms with Crippen LogP contribution in [0.25, 0.3) is 0 Å². The molecular weight excluding hydrogens is 262 g/mol. The highest BCUT2D eigenvalue weighted by Crippen LogP contribution is 2.20. The Bertz CT molecular complexity index is 463. The summed E-state index contributed by atoms with van der Waals surface area (Å²) in [6.45, 7) is 10.1. The summed E-state index contributed by atoms with van der Waals surface area (Å²) in [7, 11) is 3.53.